The SMILES string of the molecule is O=C(O)c1ccc2[nH]c(=O)c3cnc(C4CCCCC4)n3c2c1. The Morgan fingerprint density at radius 3 is 2.74 bits per heavy atom. The minimum atomic E-state index is -0.981. The van der Waals surface area contributed by atoms with Crippen LogP contribution in [0.4, 0.5) is 0 Å². The fraction of sp³-hybridized carbons (Fsp3) is 0.353. The molecule has 1 aromatic carbocycles. The Hall–Kier alpha value is -2.63. The third-order valence-electron chi connectivity index (χ3n) is 4.73. The number of aromatic carboxylic acids is 1. The number of benzene rings is 1. The van der Waals surface area contributed by atoms with Crippen LogP contribution in [0.2, 0.25) is 0 Å². The molecular weight excluding hydrogens is 294 g/mol. The predicted octanol–water partition coefficient (Wildman–Crippen LogP) is 2.92. The van der Waals surface area contributed by atoms with Crippen molar-refractivity contribution in [1.82, 2.24) is 14.4 Å². The van der Waals surface area contributed by atoms with Crippen LogP contribution in [0, 0.1) is 0 Å². The molecule has 0 unspecified atom stereocenters. The molecule has 0 aliphatic heterocycles. The molecular formula is C17H17N3O3. The number of carboxylic acids is 1. The Morgan fingerprint density at radius 1 is 1.22 bits per heavy atom. The molecule has 6 heteroatoms. The number of carbonyl (C=O) groups is 1. The number of aromatic amines is 1. The summed E-state index contributed by atoms with van der Waals surface area (Å²) in [5.74, 6) is 0.216. The van der Waals surface area contributed by atoms with Crippen LogP contribution in [-0.4, -0.2) is 25.4 Å². The minimum absolute atomic E-state index is 0.199. The van der Waals surface area contributed by atoms with Crippen LogP contribution in [0.5, 0.6) is 0 Å². The number of nitrogens with one attached hydrogen (secondary N) is 1. The fourth-order valence-corrected chi connectivity index (χ4v) is 3.57. The molecule has 0 bridgehead atoms. The van der Waals surface area contributed by atoms with Gasteiger partial charge in [0.2, 0.25) is 0 Å². The van der Waals surface area contributed by atoms with Gasteiger partial charge in [-0.15, -0.1) is 0 Å². The van der Waals surface area contributed by atoms with Crippen molar-refractivity contribution < 1.29 is 9.90 Å². The molecule has 1 fully saturated rings. The maximum atomic E-state index is 12.3. The summed E-state index contributed by atoms with van der Waals surface area (Å²) < 4.78 is 1.84. The number of aromatic nitrogens is 3. The van der Waals surface area contributed by atoms with E-state index < -0.39 is 5.97 Å². The average Bonchev–Trinajstić information content (AvgIpc) is 3.01. The van der Waals surface area contributed by atoms with E-state index in [0.717, 1.165) is 18.7 Å². The highest BCUT2D eigenvalue weighted by Crippen LogP contribution is 2.32. The van der Waals surface area contributed by atoms with Crippen LogP contribution >= 0.6 is 0 Å². The molecule has 0 spiro atoms. The van der Waals surface area contributed by atoms with E-state index in [1.807, 2.05) is 4.40 Å². The monoisotopic (exact) mass is 311 g/mol. The lowest BCUT2D eigenvalue weighted by Crippen LogP contribution is -2.14. The Kier molecular flexibility index (Phi) is 3.18. The maximum absolute atomic E-state index is 12.3. The molecule has 3 aromatic rings. The summed E-state index contributed by atoms with van der Waals surface area (Å²) in [6, 6.07) is 4.75. The third kappa shape index (κ3) is 2.21. The molecule has 118 valence electrons. The summed E-state index contributed by atoms with van der Waals surface area (Å²) in [5, 5.41) is 9.24. The Morgan fingerprint density at radius 2 is 2.00 bits per heavy atom. The number of nitrogens with zero attached hydrogens (tertiary/aromatic N) is 2. The molecule has 0 amide bonds. The highest BCUT2D eigenvalue weighted by Gasteiger charge is 2.22. The van der Waals surface area contributed by atoms with Gasteiger partial charge >= 0.3 is 5.97 Å². The number of hydrogen-bond donors (Lipinski definition) is 2. The van der Waals surface area contributed by atoms with Crippen LogP contribution in [0.3, 0.4) is 0 Å². The van der Waals surface area contributed by atoms with Crippen LogP contribution in [0.25, 0.3) is 16.6 Å². The molecule has 2 aromatic heterocycles. The van der Waals surface area contributed by atoms with Gasteiger partial charge in [-0.2, -0.15) is 0 Å². The van der Waals surface area contributed by atoms with Gasteiger partial charge in [0.15, 0.2) is 0 Å². The smallest absolute Gasteiger partial charge is 0.335 e. The number of rotatable bonds is 2. The first-order valence-electron chi connectivity index (χ1n) is 7.92. The molecule has 1 aliphatic rings. The van der Waals surface area contributed by atoms with Crippen molar-refractivity contribution in [3.05, 3.63) is 46.1 Å². The second kappa shape index (κ2) is 5.22. The molecule has 0 atom stereocenters. The van der Waals surface area contributed by atoms with Crippen molar-refractivity contribution >= 4 is 22.5 Å². The van der Waals surface area contributed by atoms with E-state index in [4.69, 9.17) is 0 Å². The molecule has 1 aliphatic carbocycles. The summed E-state index contributed by atoms with van der Waals surface area (Å²) in [5.41, 5.74) is 1.80. The zero-order chi connectivity index (χ0) is 16.0. The van der Waals surface area contributed by atoms with Crippen molar-refractivity contribution in [2.45, 2.75) is 38.0 Å². The largest absolute Gasteiger partial charge is 0.478 e. The average molecular weight is 311 g/mol. The summed E-state index contributed by atoms with van der Waals surface area (Å²) >= 11 is 0. The van der Waals surface area contributed by atoms with E-state index in [9.17, 15) is 14.7 Å². The summed E-state index contributed by atoms with van der Waals surface area (Å²) in [6.07, 6.45) is 7.29. The van der Waals surface area contributed by atoms with E-state index in [1.165, 1.54) is 25.3 Å². The van der Waals surface area contributed by atoms with Crippen molar-refractivity contribution in [3.8, 4) is 0 Å². The van der Waals surface area contributed by atoms with Gasteiger partial charge in [0.05, 0.1) is 22.8 Å². The van der Waals surface area contributed by atoms with Crippen LogP contribution < -0.4 is 5.56 Å². The Labute approximate surface area is 131 Å². The van der Waals surface area contributed by atoms with Gasteiger partial charge in [-0.1, -0.05) is 19.3 Å². The third-order valence-corrected chi connectivity index (χ3v) is 4.73. The van der Waals surface area contributed by atoms with E-state index in [1.54, 1.807) is 18.3 Å². The molecule has 4 rings (SSSR count). The predicted molar refractivity (Wildman–Crippen MR) is 86.1 cm³/mol. The molecule has 6 nitrogen and oxygen atoms in total. The lowest BCUT2D eigenvalue weighted by atomic mass is 9.89. The standard InChI is InChI=1S/C17H17N3O3/c21-16-14-9-18-15(10-4-2-1-3-5-10)20(14)13-8-11(17(22)23)6-7-12(13)19-16/h6-10H,1-5H2,(H,19,21)(H,22,23). The van der Waals surface area contributed by atoms with Crippen molar-refractivity contribution in [2.24, 2.45) is 0 Å². The zero-order valence-electron chi connectivity index (χ0n) is 12.6. The van der Waals surface area contributed by atoms with Gasteiger partial charge in [-0.05, 0) is 31.0 Å². The first-order valence-corrected chi connectivity index (χ1v) is 7.92. The van der Waals surface area contributed by atoms with Gasteiger partial charge in [-0.3, -0.25) is 9.20 Å². The number of hydrogen-bond acceptors (Lipinski definition) is 3. The normalized spacial score (nSPS) is 16.2. The molecule has 2 N–H and O–H groups in total. The van der Waals surface area contributed by atoms with E-state index in [2.05, 4.69) is 9.97 Å². The first-order chi connectivity index (χ1) is 11.1. The number of fused-ring (bicyclic) bond motifs is 3. The Balaban J connectivity index is 2.04. The van der Waals surface area contributed by atoms with E-state index in [0.29, 0.717) is 22.5 Å². The van der Waals surface area contributed by atoms with Gasteiger partial charge in [0.1, 0.15) is 11.3 Å². The van der Waals surface area contributed by atoms with E-state index >= 15 is 0 Å². The summed E-state index contributed by atoms with van der Waals surface area (Å²) in [7, 11) is 0. The molecule has 1 saturated carbocycles. The summed E-state index contributed by atoms with van der Waals surface area (Å²) in [4.78, 5) is 30.9. The molecule has 2 heterocycles. The number of imidazole rings is 1. The molecule has 0 radical (unpaired) electrons. The number of carboxylic acid groups (broad SMARTS) is 1. The van der Waals surface area contributed by atoms with E-state index in [-0.39, 0.29) is 11.1 Å². The lowest BCUT2D eigenvalue weighted by molar-refractivity contribution is 0.0697. The quantitative estimate of drug-likeness (QED) is 0.761. The zero-order valence-corrected chi connectivity index (χ0v) is 12.6. The lowest BCUT2D eigenvalue weighted by Gasteiger charge is -2.21. The second-order valence-corrected chi connectivity index (χ2v) is 6.16. The van der Waals surface area contributed by atoms with Crippen molar-refractivity contribution in [3.63, 3.8) is 0 Å². The van der Waals surface area contributed by atoms with Gasteiger partial charge in [-0.25, -0.2) is 9.78 Å². The van der Waals surface area contributed by atoms with Crippen LogP contribution in [0.15, 0.2) is 29.2 Å². The van der Waals surface area contributed by atoms with Crippen LogP contribution in [-0.2, 0) is 0 Å². The summed E-state index contributed by atoms with van der Waals surface area (Å²) in [6.45, 7) is 0. The first kappa shape index (κ1) is 14.0. The van der Waals surface area contributed by atoms with Crippen molar-refractivity contribution in [2.75, 3.05) is 0 Å². The minimum Gasteiger partial charge on any atom is -0.478 e. The number of H-pyrrole nitrogens is 1. The molecule has 23 heavy (non-hydrogen) atoms. The van der Waals surface area contributed by atoms with Gasteiger partial charge in [0, 0.05) is 5.92 Å². The second-order valence-electron chi connectivity index (χ2n) is 6.16. The molecule has 0 saturated heterocycles. The topological polar surface area (TPSA) is 87.5 Å². The highest BCUT2D eigenvalue weighted by atomic mass is 16.4. The maximum Gasteiger partial charge on any atom is 0.335 e. The van der Waals surface area contributed by atoms with Crippen molar-refractivity contribution in [1.29, 1.82) is 0 Å². The highest BCUT2D eigenvalue weighted by molar-refractivity contribution is 5.92. The van der Waals surface area contributed by atoms with Gasteiger partial charge < -0.3 is 10.1 Å². The Bertz CT molecular complexity index is 964. The fourth-order valence-electron chi connectivity index (χ4n) is 3.57. The van der Waals surface area contributed by atoms with Gasteiger partial charge in [0.25, 0.3) is 5.56 Å². The van der Waals surface area contributed by atoms with Crippen LogP contribution in [0.1, 0.15) is 54.2 Å².